The molecule has 2 atom stereocenters. The third-order valence-corrected chi connectivity index (χ3v) is 6.31. The average Bonchev–Trinajstić information content (AvgIpc) is 3.35. The van der Waals surface area contributed by atoms with Crippen LogP contribution in [0, 0.1) is 0 Å². The van der Waals surface area contributed by atoms with E-state index < -0.39 is 18.1 Å². The number of carbonyl (C=O) groups is 3. The van der Waals surface area contributed by atoms with Crippen molar-refractivity contribution in [1.29, 1.82) is 0 Å². The normalized spacial score (nSPS) is 16.9. The van der Waals surface area contributed by atoms with Crippen molar-refractivity contribution >= 4 is 34.8 Å². The van der Waals surface area contributed by atoms with Crippen LogP contribution in [0.25, 0.3) is 10.8 Å². The van der Waals surface area contributed by atoms with E-state index in [1.807, 2.05) is 54.6 Å². The number of pyridine rings is 1. The summed E-state index contributed by atoms with van der Waals surface area (Å²) < 4.78 is 0. The highest BCUT2D eigenvalue weighted by Gasteiger charge is 2.38. The number of nitrogens with two attached hydrogens (primary N) is 1. The van der Waals surface area contributed by atoms with Gasteiger partial charge in [0, 0.05) is 24.7 Å². The third kappa shape index (κ3) is 5.82. The van der Waals surface area contributed by atoms with E-state index >= 15 is 0 Å². The van der Waals surface area contributed by atoms with Gasteiger partial charge in [0.1, 0.15) is 24.7 Å². The van der Waals surface area contributed by atoms with Gasteiger partial charge in [0.2, 0.25) is 5.91 Å². The van der Waals surface area contributed by atoms with Crippen LogP contribution in [0.5, 0.6) is 0 Å². The largest absolute Gasteiger partial charge is 0.480 e. The molecule has 35 heavy (non-hydrogen) atoms. The first-order valence-corrected chi connectivity index (χ1v) is 11.6. The fourth-order valence-electron chi connectivity index (χ4n) is 4.61. The maximum atomic E-state index is 13.2. The number of nitrogen functional groups attached to an aromatic ring is 1. The van der Waals surface area contributed by atoms with Crippen LogP contribution in [0.2, 0.25) is 0 Å². The smallest absolute Gasteiger partial charge is 0.319 e. The van der Waals surface area contributed by atoms with E-state index in [9.17, 15) is 19.5 Å². The number of amides is 1. The Morgan fingerprint density at radius 1 is 1.20 bits per heavy atom. The molecule has 1 saturated heterocycles. The van der Waals surface area contributed by atoms with Gasteiger partial charge in [0.05, 0.1) is 6.04 Å². The number of benzene rings is 2. The Kier molecular flexibility index (Phi) is 7.69. The maximum absolute atomic E-state index is 13.2. The number of rotatable bonds is 10. The van der Waals surface area contributed by atoms with Crippen LogP contribution in [0.15, 0.2) is 60.8 Å². The lowest BCUT2D eigenvalue weighted by Gasteiger charge is -2.38. The van der Waals surface area contributed by atoms with E-state index in [0.717, 1.165) is 34.6 Å². The Morgan fingerprint density at radius 3 is 2.74 bits per heavy atom. The highest BCUT2D eigenvalue weighted by molar-refractivity contribution is 5.91. The van der Waals surface area contributed by atoms with Crippen molar-refractivity contribution in [2.75, 3.05) is 18.8 Å². The molecule has 9 heteroatoms. The molecular formula is C26H29N5O4. The van der Waals surface area contributed by atoms with Gasteiger partial charge in [-0.3, -0.25) is 9.59 Å². The molecule has 0 aliphatic carbocycles. The second-order valence-corrected chi connectivity index (χ2v) is 8.68. The number of carbonyl (C=O) groups excluding carboxylic acids is 2. The SMILES string of the molecule is Nc1nccc2cc(CNC(=O)[C@@H]3CCCN3N(CC(=O)O)[C@@H](C=O)Cc3ccccc3)ccc12. The molecule has 0 radical (unpaired) electrons. The quantitative estimate of drug-likeness (QED) is 0.380. The molecule has 1 fully saturated rings. The monoisotopic (exact) mass is 475 g/mol. The van der Waals surface area contributed by atoms with Gasteiger partial charge in [-0.25, -0.2) is 15.0 Å². The summed E-state index contributed by atoms with van der Waals surface area (Å²) in [6, 6.07) is 15.8. The number of nitrogens with one attached hydrogen (secondary N) is 1. The summed E-state index contributed by atoms with van der Waals surface area (Å²) in [5.74, 6) is -0.795. The molecule has 4 N–H and O–H groups in total. The molecular weight excluding hydrogens is 446 g/mol. The summed E-state index contributed by atoms with van der Waals surface area (Å²) in [5, 5.41) is 17.6. The number of nitrogens with zero attached hydrogens (tertiary/aromatic N) is 3. The Hall–Kier alpha value is -3.82. The molecule has 1 aliphatic heterocycles. The molecule has 0 unspecified atom stereocenters. The van der Waals surface area contributed by atoms with Gasteiger partial charge in [0.15, 0.2) is 0 Å². The number of aldehydes is 1. The lowest BCUT2D eigenvalue weighted by Crippen LogP contribution is -2.57. The molecule has 1 aromatic heterocycles. The van der Waals surface area contributed by atoms with E-state index in [1.165, 1.54) is 5.01 Å². The van der Waals surface area contributed by atoms with Crippen molar-refractivity contribution in [3.05, 3.63) is 71.9 Å². The molecule has 2 aromatic carbocycles. The molecule has 2 heterocycles. The third-order valence-electron chi connectivity index (χ3n) is 6.31. The lowest BCUT2D eigenvalue weighted by atomic mass is 10.1. The lowest BCUT2D eigenvalue weighted by molar-refractivity contribution is -0.154. The topological polar surface area (TPSA) is 129 Å². The number of carboxylic acid groups (broad SMARTS) is 1. The van der Waals surface area contributed by atoms with Gasteiger partial charge in [-0.2, -0.15) is 0 Å². The van der Waals surface area contributed by atoms with Crippen LogP contribution in [-0.4, -0.2) is 63.4 Å². The standard InChI is InChI=1S/C26H29N5O4/c27-25-22-9-8-19(13-20(22)10-11-28-25)15-29-26(35)23-7-4-12-30(23)31(16-24(33)34)21(17-32)14-18-5-2-1-3-6-18/h1-3,5-6,8-11,13,17,21,23H,4,7,12,14-16H2,(H2,27,28)(H,29,35)(H,33,34)/t21-,23+/m1/s1. The molecule has 0 saturated carbocycles. The summed E-state index contributed by atoms with van der Waals surface area (Å²) in [6.07, 6.45) is 4.08. The zero-order chi connectivity index (χ0) is 24.8. The van der Waals surface area contributed by atoms with Gasteiger partial charge >= 0.3 is 5.97 Å². The van der Waals surface area contributed by atoms with Crippen LogP contribution in [0.1, 0.15) is 24.0 Å². The van der Waals surface area contributed by atoms with Crippen molar-refractivity contribution in [3.63, 3.8) is 0 Å². The number of hydrogen-bond acceptors (Lipinski definition) is 7. The van der Waals surface area contributed by atoms with E-state index in [-0.39, 0.29) is 12.5 Å². The number of aromatic nitrogens is 1. The Morgan fingerprint density at radius 2 is 2.00 bits per heavy atom. The predicted molar refractivity (Wildman–Crippen MR) is 132 cm³/mol. The van der Waals surface area contributed by atoms with Crippen molar-refractivity contribution in [3.8, 4) is 0 Å². The zero-order valence-corrected chi connectivity index (χ0v) is 19.3. The van der Waals surface area contributed by atoms with Crippen LogP contribution in [0.3, 0.4) is 0 Å². The molecule has 4 rings (SSSR count). The number of aliphatic carboxylic acids is 1. The molecule has 0 bridgehead atoms. The van der Waals surface area contributed by atoms with Crippen LogP contribution >= 0.6 is 0 Å². The maximum Gasteiger partial charge on any atom is 0.319 e. The highest BCUT2D eigenvalue weighted by Crippen LogP contribution is 2.24. The Balaban J connectivity index is 1.47. The highest BCUT2D eigenvalue weighted by atomic mass is 16.4. The Labute approximate surface area is 203 Å². The van der Waals surface area contributed by atoms with E-state index in [2.05, 4.69) is 10.3 Å². The number of carboxylic acids is 1. The molecule has 0 spiro atoms. The van der Waals surface area contributed by atoms with E-state index in [0.29, 0.717) is 31.7 Å². The zero-order valence-electron chi connectivity index (χ0n) is 19.3. The minimum atomic E-state index is -1.05. The fraction of sp³-hybridized carbons (Fsp3) is 0.308. The van der Waals surface area contributed by atoms with Gasteiger partial charge in [0.25, 0.3) is 0 Å². The molecule has 1 amide bonds. The summed E-state index contributed by atoms with van der Waals surface area (Å²) in [7, 11) is 0. The van der Waals surface area contributed by atoms with Gasteiger partial charge < -0.3 is 21.0 Å². The minimum Gasteiger partial charge on any atom is -0.480 e. The first-order valence-electron chi connectivity index (χ1n) is 11.6. The second kappa shape index (κ2) is 11.1. The minimum absolute atomic E-state index is 0.198. The molecule has 182 valence electrons. The fourth-order valence-corrected chi connectivity index (χ4v) is 4.61. The van der Waals surface area contributed by atoms with E-state index in [1.54, 1.807) is 11.2 Å². The number of fused-ring (bicyclic) bond motifs is 1. The number of hydrogen-bond donors (Lipinski definition) is 3. The Bertz CT molecular complexity index is 1200. The van der Waals surface area contributed by atoms with Crippen molar-refractivity contribution in [1.82, 2.24) is 20.3 Å². The summed E-state index contributed by atoms with van der Waals surface area (Å²) in [6.45, 7) is 0.467. The van der Waals surface area contributed by atoms with Crippen LogP contribution < -0.4 is 11.1 Å². The average molecular weight is 476 g/mol. The number of anilines is 1. The predicted octanol–water partition coefficient (Wildman–Crippen LogP) is 2.01. The summed E-state index contributed by atoms with van der Waals surface area (Å²) in [4.78, 5) is 40.9. The second-order valence-electron chi connectivity index (χ2n) is 8.68. The van der Waals surface area contributed by atoms with Crippen LogP contribution in [-0.2, 0) is 27.3 Å². The van der Waals surface area contributed by atoms with Crippen molar-refractivity contribution in [2.24, 2.45) is 0 Å². The first kappa shape index (κ1) is 24.3. The molecule has 9 nitrogen and oxygen atoms in total. The van der Waals surface area contributed by atoms with Gasteiger partial charge in [-0.05, 0) is 47.9 Å². The van der Waals surface area contributed by atoms with Gasteiger partial charge in [-0.15, -0.1) is 0 Å². The molecule has 1 aliphatic rings. The van der Waals surface area contributed by atoms with Crippen LogP contribution in [0.4, 0.5) is 5.82 Å². The molecule has 3 aromatic rings. The van der Waals surface area contributed by atoms with Crippen molar-refractivity contribution in [2.45, 2.75) is 37.9 Å². The summed E-state index contributed by atoms with van der Waals surface area (Å²) >= 11 is 0. The first-order chi connectivity index (χ1) is 17.0. The summed E-state index contributed by atoms with van der Waals surface area (Å²) in [5.41, 5.74) is 7.75. The van der Waals surface area contributed by atoms with Gasteiger partial charge in [-0.1, -0.05) is 42.5 Å². The number of hydrazine groups is 1. The van der Waals surface area contributed by atoms with Crippen molar-refractivity contribution < 1.29 is 19.5 Å². The van der Waals surface area contributed by atoms with E-state index in [4.69, 9.17) is 5.73 Å².